The molecule has 0 bridgehead atoms. The molecule has 0 saturated heterocycles. The molecular formula is C11H23NO. The highest BCUT2D eigenvalue weighted by molar-refractivity contribution is 5.45. The van der Waals surface area contributed by atoms with Gasteiger partial charge in [-0.05, 0) is 24.2 Å². The van der Waals surface area contributed by atoms with Crippen molar-refractivity contribution in [1.29, 1.82) is 0 Å². The van der Waals surface area contributed by atoms with E-state index in [4.69, 9.17) is 0 Å². The van der Waals surface area contributed by atoms with Crippen LogP contribution in [0.2, 0.25) is 0 Å². The molecular weight excluding hydrogens is 162 g/mol. The largest absolute Gasteiger partial charge is 0.359 e. The van der Waals surface area contributed by atoms with Crippen LogP contribution >= 0.6 is 0 Å². The third-order valence-corrected chi connectivity index (χ3v) is 2.25. The van der Waals surface area contributed by atoms with Crippen molar-refractivity contribution >= 4 is 6.41 Å². The summed E-state index contributed by atoms with van der Waals surface area (Å²) in [5.41, 5.74) is 0.437. The minimum atomic E-state index is 0.437. The second-order valence-corrected chi connectivity index (χ2v) is 5.07. The Bertz CT molecular complexity index is 138. The van der Waals surface area contributed by atoms with E-state index in [0.717, 1.165) is 19.4 Å². The minimum Gasteiger partial charge on any atom is -0.359 e. The maximum absolute atomic E-state index is 9.99. The second kappa shape index (κ2) is 6.01. The van der Waals surface area contributed by atoms with Gasteiger partial charge in [0.05, 0.1) is 0 Å². The van der Waals surface area contributed by atoms with Gasteiger partial charge in [0, 0.05) is 6.54 Å². The average molecular weight is 185 g/mol. The van der Waals surface area contributed by atoms with Gasteiger partial charge in [-0.2, -0.15) is 0 Å². The number of hydrogen-bond acceptors (Lipinski definition) is 1. The maximum atomic E-state index is 9.99. The van der Waals surface area contributed by atoms with Gasteiger partial charge in [0.25, 0.3) is 0 Å². The van der Waals surface area contributed by atoms with Crippen LogP contribution in [0.5, 0.6) is 0 Å². The summed E-state index contributed by atoms with van der Waals surface area (Å²) in [6.07, 6.45) is 4.38. The van der Waals surface area contributed by atoms with Crippen LogP contribution in [-0.2, 0) is 4.79 Å². The molecule has 1 unspecified atom stereocenters. The Labute approximate surface area is 82.1 Å². The van der Waals surface area contributed by atoms with E-state index in [2.05, 4.69) is 33.0 Å². The lowest BCUT2D eigenvalue weighted by atomic mass is 9.86. The first kappa shape index (κ1) is 12.5. The van der Waals surface area contributed by atoms with Gasteiger partial charge in [-0.1, -0.05) is 34.1 Å². The first-order valence-corrected chi connectivity index (χ1v) is 5.13. The minimum absolute atomic E-state index is 0.437. The lowest BCUT2D eigenvalue weighted by molar-refractivity contribution is -0.109. The van der Waals surface area contributed by atoms with E-state index in [9.17, 15) is 4.79 Å². The molecule has 0 fully saturated rings. The number of carbonyl (C=O) groups excluding carboxylic acids is 1. The van der Waals surface area contributed by atoms with Crippen LogP contribution in [0.25, 0.3) is 0 Å². The Morgan fingerprint density at radius 3 is 2.38 bits per heavy atom. The molecule has 0 rings (SSSR count). The number of nitrogens with one attached hydrogen (secondary N) is 1. The Kier molecular flexibility index (Phi) is 5.76. The lowest BCUT2D eigenvalue weighted by Gasteiger charge is -2.20. The van der Waals surface area contributed by atoms with E-state index in [0.29, 0.717) is 11.3 Å². The van der Waals surface area contributed by atoms with Crippen LogP contribution in [0.3, 0.4) is 0 Å². The van der Waals surface area contributed by atoms with Crippen molar-refractivity contribution in [1.82, 2.24) is 5.32 Å². The molecule has 0 saturated carbocycles. The molecule has 0 aromatic heterocycles. The number of hydrogen-bond donors (Lipinski definition) is 1. The molecule has 1 N–H and O–H groups in total. The highest BCUT2D eigenvalue weighted by Gasteiger charge is 2.11. The molecule has 0 aliphatic rings. The zero-order valence-corrected chi connectivity index (χ0v) is 9.39. The lowest BCUT2D eigenvalue weighted by Crippen LogP contribution is -2.16. The predicted molar refractivity (Wildman–Crippen MR) is 56.5 cm³/mol. The molecule has 1 amide bonds. The summed E-state index contributed by atoms with van der Waals surface area (Å²) in [5, 5.41) is 2.70. The van der Waals surface area contributed by atoms with Gasteiger partial charge in [-0.15, -0.1) is 0 Å². The van der Waals surface area contributed by atoms with E-state index in [1.807, 2.05) is 0 Å². The fourth-order valence-electron chi connectivity index (χ4n) is 1.21. The third kappa shape index (κ3) is 9.38. The van der Waals surface area contributed by atoms with E-state index in [1.54, 1.807) is 0 Å². The smallest absolute Gasteiger partial charge is 0.207 e. The summed E-state index contributed by atoms with van der Waals surface area (Å²) >= 11 is 0. The second-order valence-electron chi connectivity index (χ2n) is 5.07. The van der Waals surface area contributed by atoms with Crippen molar-refractivity contribution in [2.45, 2.75) is 47.0 Å². The van der Waals surface area contributed by atoms with E-state index in [1.165, 1.54) is 12.8 Å². The molecule has 0 spiro atoms. The molecule has 2 heteroatoms. The molecule has 78 valence electrons. The molecule has 0 aliphatic carbocycles. The van der Waals surface area contributed by atoms with E-state index < -0.39 is 0 Å². The molecule has 0 aromatic carbocycles. The predicted octanol–water partition coefficient (Wildman–Crippen LogP) is 2.58. The topological polar surface area (TPSA) is 29.1 Å². The van der Waals surface area contributed by atoms with Gasteiger partial charge in [0.15, 0.2) is 0 Å². The van der Waals surface area contributed by atoms with Crippen molar-refractivity contribution in [3.63, 3.8) is 0 Å². The maximum Gasteiger partial charge on any atom is 0.207 e. The van der Waals surface area contributed by atoms with Gasteiger partial charge in [-0.3, -0.25) is 4.79 Å². The van der Waals surface area contributed by atoms with E-state index >= 15 is 0 Å². The first-order chi connectivity index (χ1) is 5.95. The Morgan fingerprint density at radius 1 is 1.31 bits per heavy atom. The number of amides is 1. The summed E-state index contributed by atoms with van der Waals surface area (Å²) < 4.78 is 0. The number of carbonyl (C=O) groups is 1. The number of rotatable bonds is 6. The molecule has 0 aliphatic heterocycles. The zero-order valence-electron chi connectivity index (χ0n) is 9.39. The monoisotopic (exact) mass is 185 g/mol. The van der Waals surface area contributed by atoms with E-state index in [-0.39, 0.29) is 0 Å². The molecule has 0 aromatic rings. The van der Waals surface area contributed by atoms with Crippen molar-refractivity contribution < 1.29 is 4.79 Å². The summed E-state index contributed by atoms with van der Waals surface area (Å²) in [6, 6.07) is 0. The summed E-state index contributed by atoms with van der Waals surface area (Å²) in [5.74, 6) is 0.715. The van der Waals surface area contributed by atoms with Gasteiger partial charge in [0.1, 0.15) is 0 Å². The Balaban J connectivity index is 3.40. The molecule has 13 heavy (non-hydrogen) atoms. The molecule has 1 atom stereocenters. The molecule has 0 radical (unpaired) electrons. The average Bonchev–Trinajstić information content (AvgIpc) is 2.00. The van der Waals surface area contributed by atoms with Crippen LogP contribution in [0.1, 0.15) is 47.0 Å². The van der Waals surface area contributed by atoms with Gasteiger partial charge >= 0.3 is 0 Å². The fraction of sp³-hybridized carbons (Fsp3) is 0.909. The van der Waals surface area contributed by atoms with Crippen LogP contribution < -0.4 is 5.32 Å². The first-order valence-electron chi connectivity index (χ1n) is 5.13. The van der Waals surface area contributed by atoms with Crippen LogP contribution in [0.4, 0.5) is 0 Å². The standard InChI is InChI=1S/C11H23NO/c1-10(6-8-12-9-13)5-7-11(2,3)4/h9-10H,5-8H2,1-4H3,(H,12,13). The van der Waals surface area contributed by atoms with Crippen LogP contribution in [0, 0.1) is 11.3 Å². The zero-order chi connectivity index (χ0) is 10.3. The van der Waals surface area contributed by atoms with Crippen molar-refractivity contribution in [3.05, 3.63) is 0 Å². The van der Waals surface area contributed by atoms with Gasteiger partial charge in [-0.25, -0.2) is 0 Å². The Hall–Kier alpha value is -0.530. The quantitative estimate of drug-likeness (QED) is 0.500. The fourth-order valence-corrected chi connectivity index (χ4v) is 1.21. The summed E-state index contributed by atoms with van der Waals surface area (Å²) in [7, 11) is 0. The molecule has 2 nitrogen and oxygen atoms in total. The third-order valence-electron chi connectivity index (χ3n) is 2.25. The van der Waals surface area contributed by atoms with Gasteiger partial charge in [0.2, 0.25) is 6.41 Å². The summed E-state index contributed by atoms with van der Waals surface area (Å²) in [6.45, 7) is 9.86. The Morgan fingerprint density at radius 2 is 1.92 bits per heavy atom. The normalized spacial score (nSPS) is 13.8. The highest BCUT2D eigenvalue weighted by Crippen LogP contribution is 2.24. The van der Waals surface area contributed by atoms with Crippen LogP contribution in [0.15, 0.2) is 0 Å². The van der Waals surface area contributed by atoms with Crippen molar-refractivity contribution in [3.8, 4) is 0 Å². The van der Waals surface area contributed by atoms with Crippen LogP contribution in [-0.4, -0.2) is 13.0 Å². The van der Waals surface area contributed by atoms with Crippen molar-refractivity contribution in [2.24, 2.45) is 11.3 Å². The van der Waals surface area contributed by atoms with Crippen molar-refractivity contribution in [2.75, 3.05) is 6.54 Å². The molecule has 0 heterocycles. The highest BCUT2D eigenvalue weighted by atomic mass is 16.1. The van der Waals surface area contributed by atoms with Gasteiger partial charge < -0.3 is 5.32 Å². The SMILES string of the molecule is CC(CCNC=O)CCC(C)(C)C. The summed E-state index contributed by atoms with van der Waals surface area (Å²) in [4.78, 5) is 9.99.